The summed E-state index contributed by atoms with van der Waals surface area (Å²) < 4.78 is 0. The molecule has 0 rings (SSSR count). The fraction of sp³-hybridized carbons (Fsp3) is 0.935. The Kier molecular flexibility index (Phi) is 48.1. The second-order valence-electron chi connectivity index (χ2n) is 22.3. The van der Waals surface area contributed by atoms with Crippen molar-refractivity contribution < 1.29 is 19.2 Å². The van der Waals surface area contributed by atoms with Crippen LogP contribution in [0.25, 0.3) is 0 Å². The van der Waals surface area contributed by atoms with Gasteiger partial charge >= 0.3 is 0 Å². The molecule has 0 aromatic heterocycles. The lowest BCUT2D eigenvalue weighted by atomic mass is 9.99. The first-order valence-electron chi connectivity index (χ1n) is 31.5. The van der Waals surface area contributed by atoms with Crippen LogP contribution in [-0.2, 0) is 19.2 Å². The third kappa shape index (κ3) is 36.7. The predicted octanol–water partition coefficient (Wildman–Crippen LogP) is 14.9. The van der Waals surface area contributed by atoms with Crippen molar-refractivity contribution in [1.29, 1.82) is 0 Å². The van der Waals surface area contributed by atoms with Crippen LogP contribution in [0.15, 0.2) is 0 Å². The molecule has 0 aliphatic rings. The minimum Gasteiger partial charge on any atom is -0.354 e. The summed E-state index contributed by atoms with van der Waals surface area (Å²) in [5.41, 5.74) is 0. The van der Waals surface area contributed by atoms with Gasteiger partial charge in [-0.1, -0.05) is 236 Å². The average molecular weight is 1020 g/mol. The highest BCUT2D eigenvalue weighted by atomic mass is 16.2. The molecule has 0 spiro atoms. The molecule has 2 N–H and O–H groups in total. The van der Waals surface area contributed by atoms with E-state index in [1.165, 1.54) is 141 Å². The zero-order valence-corrected chi connectivity index (χ0v) is 49.8. The number of amides is 4. The van der Waals surface area contributed by atoms with Crippen LogP contribution < -0.4 is 10.6 Å². The van der Waals surface area contributed by atoms with Crippen LogP contribution in [0.2, 0.25) is 0 Å². The molecule has 2 unspecified atom stereocenters. The molecule has 72 heavy (non-hydrogen) atoms. The SMILES string of the molecule is CCCCCCCCCCCCCCCC(=O)N(CCCN(CC)CC)C(C(=O)NCCCCCCNC(=O)C(C(C)C)N(CCCN(CC)CC)C(=O)CCCCCCCCCCCCCCC)C(C)C. The van der Waals surface area contributed by atoms with Gasteiger partial charge in [0.2, 0.25) is 23.6 Å². The van der Waals surface area contributed by atoms with Gasteiger partial charge < -0.3 is 30.2 Å². The van der Waals surface area contributed by atoms with Gasteiger partial charge in [-0.25, -0.2) is 0 Å². The van der Waals surface area contributed by atoms with Crippen LogP contribution in [0.1, 0.15) is 288 Å². The van der Waals surface area contributed by atoms with E-state index >= 15 is 0 Å². The van der Waals surface area contributed by atoms with E-state index in [1.807, 2.05) is 9.80 Å². The highest BCUT2D eigenvalue weighted by Gasteiger charge is 2.33. The molecule has 2 atom stereocenters. The number of unbranched alkanes of at least 4 members (excludes halogenated alkanes) is 27. The smallest absolute Gasteiger partial charge is 0.243 e. The van der Waals surface area contributed by atoms with E-state index < -0.39 is 12.1 Å². The maximum Gasteiger partial charge on any atom is 0.243 e. The van der Waals surface area contributed by atoms with Crippen molar-refractivity contribution in [3.8, 4) is 0 Å². The Bertz CT molecular complexity index is 1160. The number of carbonyl (C=O) groups excluding carboxylic acids is 4. The minimum absolute atomic E-state index is 0.0140. The third-order valence-electron chi connectivity index (χ3n) is 15.3. The van der Waals surface area contributed by atoms with E-state index in [0.717, 1.165) is 103 Å². The molecule has 0 fully saturated rings. The lowest BCUT2D eigenvalue weighted by Crippen LogP contribution is -2.53. The molecule has 10 heteroatoms. The standard InChI is InChI=1S/C62H124N6O4/c1-11-17-19-21-23-25-27-29-31-33-35-37-41-47-57(69)67(53-45-51-65(13-3)14-4)59(55(7)8)61(71)63-49-43-39-40-44-50-64-62(72)60(56(9)10)68(54-46-52-66(15-5)16-6)58(70)48-42-38-36-34-32-30-28-26-24-22-20-18-12-2/h55-56,59-60H,11-54H2,1-10H3,(H,63,71)(H,64,72). The summed E-state index contributed by atoms with van der Waals surface area (Å²) in [7, 11) is 0. The molecule has 0 aliphatic carbocycles. The fourth-order valence-corrected chi connectivity index (χ4v) is 10.6. The van der Waals surface area contributed by atoms with E-state index in [9.17, 15) is 19.2 Å². The molecule has 10 nitrogen and oxygen atoms in total. The highest BCUT2D eigenvalue weighted by molar-refractivity contribution is 5.88. The van der Waals surface area contributed by atoms with Gasteiger partial charge in [0.1, 0.15) is 12.1 Å². The topological polar surface area (TPSA) is 105 Å². The molecule has 0 aromatic rings. The van der Waals surface area contributed by atoms with Crippen molar-refractivity contribution in [2.24, 2.45) is 11.8 Å². The number of nitrogens with zero attached hydrogens (tertiary/aromatic N) is 4. The van der Waals surface area contributed by atoms with Gasteiger partial charge in [-0.3, -0.25) is 19.2 Å². The van der Waals surface area contributed by atoms with Crippen LogP contribution in [0.5, 0.6) is 0 Å². The van der Waals surface area contributed by atoms with Gasteiger partial charge in [-0.2, -0.15) is 0 Å². The Labute approximate surface area is 448 Å². The Balaban J connectivity index is 5.09. The number of hydrogen-bond acceptors (Lipinski definition) is 6. The zero-order valence-electron chi connectivity index (χ0n) is 49.8. The first kappa shape index (κ1) is 69.8. The van der Waals surface area contributed by atoms with Crippen LogP contribution in [0.3, 0.4) is 0 Å². The van der Waals surface area contributed by atoms with E-state index in [0.29, 0.717) is 39.0 Å². The first-order valence-corrected chi connectivity index (χ1v) is 31.5. The van der Waals surface area contributed by atoms with Gasteiger partial charge in [0.25, 0.3) is 0 Å². The summed E-state index contributed by atoms with van der Waals surface area (Å²) in [4.78, 5) is 64.1. The Hall–Kier alpha value is -2.20. The molecule has 0 saturated carbocycles. The van der Waals surface area contributed by atoms with Gasteiger partial charge in [0.05, 0.1) is 0 Å². The molecular weight excluding hydrogens is 893 g/mol. The van der Waals surface area contributed by atoms with Crippen molar-refractivity contribution in [2.75, 3.05) is 65.4 Å². The van der Waals surface area contributed by atoms with Crippen LogP contribution in [-0.4, -0.2) is 121 Å². The number of rotatable bonds is 53. The lowest BCUT2D eigenvalue weighted by Gasteiger charge is -2.34. The third-order valence-corrected chi connectivity index (χ3v) is 15.3. The summed E-state index contributed by atoms with van der Waals surface area (Å²) in [6.07, 6.45) is 39.5. The van der Waals surface area contributed by atoms with Crippen molar-refractivity contribution in [3.05, 3.63) is 0 Å². The predicted molar refractivity (Wildman–Crippen MR) is 311 cm³/mol. The monoisotopic (exact) mass is 1020 g/mol. The van der Waals surface area contributed by atoms with Crippen LogP contribution in [0.4, 0.5) is 0 Å². The summed E-state index contributed by atoms with van der Waals surface area (Å²) in [5.74, 6) is 0.193. The molecule has 0 aliphatic heterocycles. The summed E-state index contributed by atoms with van der Waals surface area (Å²) in [6.45, 7) is 29.7. The fourth-order valence-electron chi connectivity index (χ4n) is 10.6. The van der Waals surface area contributed by atoms with Crippen molar-refractivity contribution >= 4 is 23.6 Å². The average Bonchev–Trinajstić information content (AvgIpc) is 3.36. The maximum absolute atomic E-state index is 13.9. The number of carbonyl (C=O) groups is 4. The van der Waals surface area contributed by atoms with Gasteiger partial charge in [0, 0.05) is 39.0 Å². The number of hydrogen-bond donors (Lipinski definition) is 2. The minimum atomic E-state index is -0.474. The van der Waals surface area contributed by atoms with E-state index in [2.05, 4.69) is 89.7 Å². The largest absolute Gasteiger partial charge is 0.354 e. The highest BCUT2D eigenvalue weighted by Crippen LogP contribution is 2.20. The lowest BCUT2D eigenvalue weighted by molar-refractivity contribution is -0.142. The van der Waals surface area contributed by atoms with Crippen LogP contribution in [0, 0.1) is 11.8 Å². The van der Waals surface area contributed by atoms with Gasteiger partial charge in [-0.05, 0) is 89.6 Å². The molecule has 0 radical (unpaired) electrons. The van der Waals surface area contributed by atoms with E-state index in [-0.39, 0.29) is 35.5 Å². The molecular formula is C62H124N6O4. The molecule has 0 bridgehead atoms. The normalized spacial score (nSPS) is 12.6. The Morgan fingerprint density at radius 2 is 0.569 bits per heavy atom. The van der Waals surface area contributed by atoms with Crippen molar-refractivity contribution in [1.82, 2.24) is 30.2 Å². The quantitative estimate of drug-likeness (QED) is 0.0588. The van der Waals surface area contributed by atoms with Crippen LogP contribution >= 0.6 is 0 Å². The number of nitrogens with one attached hydrogen (secondary N) is 2. The van der Waals surface area contributed by atoms with Gasteiger partial charge in [0.15, 0.2) is 0 Å². The zero-order chi connectivity index (χ0) is 53.5. The summed E-state index contributed by atoms with van der Waals surface area (Å²) in [6, 6.07) is -0.948. The van der Waals surface area contributed by atoms with Crippen molar-refractivity contribution in [2.45, 2.75) is 300 Å². The first-order chi connectivity index (χ1) is 34.9. The summed E-state index contributed by atoms with van der Waals surface area (Å²) in [5, 5.41) is 6.43. The Morgan fingerprint density at radius 3 is 0.819 bits per heavy atom. The van der Waals surface area contributed by atoms with Crippen molar-refractivity contribution in [3.63, 3.8) is 0 Å². The molecule has 0 heterocycles. The molecule has 0 saturated heterocycles. The maximum atomic E-state index is 13.9. The second kappa shape index (κ2) is 49.7. The van der Waals surface area contributed by atoms with E-state index in [1.54, 1.807) is 0 Å². The second-order valence-corrected chi connectivity index (χ2v) is 22.3. The van der Waals surface area contributed by atoms with E-state index in [4.69, 9.17) is 0 Å². The molecule has 426 valence electrons. The Morgan fingerprint density at radius 1 is 0.319 bits per heavy atom. The molecule has 4 amide bonds. The van der Waals surface area contributed by atoms with Gasteiger partial charge in [-0.15, -0.1) is 0 Å². The summed E-state index contributed by atoms with van der Waals surface area (Å²) >= 11 is 0. The molecule has 0 aromatic carbocycles.